The van der Waals surface area contributed by atoms with Gasteiger partial charge in [0.2, 0.25) is 5.91 Å². The largest absolute Gasteiger partial charge is 0.465 e. The zero-order valence-corrected chi connectivity index (χ0v) is 21.7. The maximum Gasteiger partial charge on any atom is 0.410 e. The van der Waals surface area contributed by atoms with Crippen molar-refractivity contribution in [2.24, 2.45) is 5.73 Å². The molecule has 0 aromatic rings. The van der Waals surface area contributed by atoms with E-state index in [0.29, 0.717) is 45.3 Å². The van der Waals surface area contributed by atoms with Crippen molar-refractivity contribution in [1.29, 1.82) is 0 Å². The van der Waals surface area contributed by atoms with Crippen LogP contribution in [0.2, 0.25) is 0 Å². The number of amides is 4. The molecule has 0 aromatic heterocycles. The predicted molar refractivity (Wildman–Crippen MR) is 132 cm³/mol. The van der Waals surface area contributed by atoms with Crippen LogP contribution in [0.3, 0.4) is 0 Å². The van der Waals surface area contributed by atoms with Crippen LogP contribution in [-0.2, 0) is 14.3 Å². The molecule has 6 N–H and O–H groups in total. The van der Waals surface area contributed by atoms with E-state index in [2.05, 4.69) is 16.0 Å². The highest BCUT2D eigenvalue weighted by Gasteiger charge is 2.22. The van der Waals surface area contributed by atoms with Crippen molar-refractivity contribution in [1.82, 2.24) is 20.9 Å². The highest BCUT2D eigenvalue weighted by atomic mass is 16.6. The summed E-state index contributed by atoms with van der Waals surface area (Å²) in [4.78, 5) is 48.2. The molecule has 0 aliphatic rings. The van der Waals surface area contributed by atoms with Crippen molar-refractivity contribution in [2.45, 2.75) is 90.7 Å². The van der Waals surface area contributed by atoms with Crippen LogP contribution in [0.15, 0.2) is 0 Å². The number of rotatable bonds is 17. The highest BCUT2D eigenvalue weighted by Crippen LogP contribution is 2.11. The standard InChI is InChI=1S/C23H45N5O7/c1-18(27-20(30)31)12-15-28(22(33)35-23(2,3)4)14-9-10-16-34-21(32)26-17-25-19(29)11-7-5-6-8-13-24/h18,27H,5-17,24H2,1-4H3,(H,25,29)(H,26,32)(H,30,31)/t18-/m1/s1. The van der Waals surface area contributed by atoms with E-state index in [1.807, 2.05) is 0 Å². The van der Waals surface area contributed by atoms with Gasteiger partial charge in [0.05, 0.1) is 13.3 Å². The third kappa shape index (κ3) is 20.3. The third-order valence-electron chi connectivity index (χ3n) is 4.79. The van der Waals surface area contributed by atoms with Gasteiger partial charge < -0.3 is 41.2 Å². The van der Waals surface area contributed by atoms with Crippen molar-refractivity contribution in [3.05, 3.63) is 0 Å². The zero-order chi connectivity index (χ0) is 26.7. The lowest BCUT2D eigenvalue weighted by atomic mass is 10.1. The van der Waals surface area contributed by atoms with E-state index in [4.69, 9.17) is 20.3 Å². The summed E-state index contributed by atoms with van der Waals surface area (Å²) in [6, 6.07) is -0.318. The van der Waals surface area contributed by atoms with Crippen molar-refractivity contribution < 1.29 is 33.8 Å². The molecule has 1 atom stereocenters. The number of carbonyl (C=O) groups is 4. The minimum atomic E-state index is -1.12. The fraction of sp³-hybridized carbons (Fsp3) is 0.826. The van der Waals surface area contributed by atoms with Crippen molar-refractivity contribution >= 4 is 24.2 Å². The van der Waals surface area contributed by atoms with Crippen LogP contribution in [0.4, 0.5) is 14.4 Å². The highest BCUT2D eigenvalue weighted by molar-refractivity contribution is 5.76. The molecule has 0 fully saturated rings. The first kappa shape index (κ1) is 32.2. The Balaban J connectivity index is 4.17. The Bertz CT molecular complexity index is 640. The van der Waals surface area contributed by atoms with Gasteiger partial charge >= 0.3 is 18.3 Å². The molecule has 0 saturated carbocycles. The summed E-state index contributed by atoms with van der Waals surface area (Å²) < 4.78 is 10.5. The Morgan fingerprint density at radius 2 is 1.66 bits per heavy atom. The Labute approximate surface area is 208 Å². The Morgan fingerprint density at radius 3 is 2.29 bits per heavy atom. The summed E-state index contributed by atoms with van der Waals surface area (Å²) in [5, 5.41) is 16.2. The van der Waals surface area contributed by atoms with Crippen LogP contribution >= 0.6 is 0 Å². The minimum absolute atomic E-state index is 0.00451. The topological polar surface area (TPSA) is 172 Å². The normalized spacial score (nSPS) is 11.8. The fourth-order valence-electron chi connectivity index (χ4n) is 2.96. The molecule has 204 valence electrons. The zero-order valence-electron chi connectivity index (χ0n) is 21.7. The Morgan fingerprint density at radius 1 is 0.971 bits per heavy atom. The molecule has 35 heavy (non-hydrogen) atoms. The van der Waals surface area contributed by atoms with Crippen LogP contribution < -0.4 is 21.7 Å². The van der Waals surface area contributed by atoms with E-state index in [9.17, 15) is 19.2 Å². The lowest BCUT2D eigenvalue weighted by Gasteiger charge is -2.28. The number of carbonyl (C=O) groups excluding carboxylic acids is 3. The molecule has 12 heteroatoms. The van der Waals surface area contributed by atoms with Gasteiger partial charge in [0.15, 0.2) is 0 Å². The van der Waals surface area contributed by atoms with Gasteiger partial charge in [-0.2, -0.15) is 0 Å². The molecular weight excluding hydrogens is 458 g/mol. The molecule has 0 aliphatic heterocycles. The molecule has 12 nitrogen and oxygen atoms in total. The number of unbranched alkanes of at least 4 members (excludes halogenated alkanes) is 4. The molecule has 0 radical (unpaired) electrons. The van der Waals surface area contributed by atoms with Gasteiger partial charge in [-0.3, -0.25) is 4.79 Å². The maximum atomic E-state index is 12.5. The van der Waals surface area contributed by atoms with Crippen LogP contribution in [0.1, 0.15) is 79.1 Å². The summed E-state index contributed by atoms with van der Waals surface area (Å²) in [5.74, 6) is -0.131. The second kappa shape index (κ2) is 18.6. The van der Waals surface area contributed by atoms with Crippen molar-refractivity contribution in [3.8, 4) is 0 Å². The summed E-state index contributed by atoms with van der Waals surface area (Å²) >= 11 is 0. The van der Waals surface area contributed by atoms with Crippen molar-refractivity contribution in [3.63, 3.8) is 0 Å². The van der Waals surface area contributed by atoms with Crippen molar-refractivity contribution in [2.75, 3.05) is 32.9 Å². The quantitative estimate of drug-likeness (QED) is 0.149. The predicted octanol–water partition coefficient (Wildman–Crippen LogP) is 2.76. The van der Waals surface area contributed by atoms with E-state index in [1.54, 1.807) is 27.7 Å². The molecule has 0 aromatic carbocycles. The lowest BCUT2D eigenvalue weighted by molar-refractivity contribution is -0.121. The number of carboxylic acid groups (broad SMARTS) is 1. The molecule has 0 unspecified atom stereocenters. The van der Waals surface area contributed by atoms with E-state index < -0.39 is 23.9 Å². The summed E-state index contributed by atoms with van der Waals surface area (Å²) in [6.07, 6.45) is 3.38. The third-order valence-corrected chi connectivity index (χ3v) is 4.79. The number of hydrogen-bond acceptors (Lipinski definition) is 7. The number of nitrogens with two attached hydrogens (primary N) is 1. The van der Waals surface area contributed by atoms with Gasteiger partial charge in [-0.1, -0.05) is 12.8 Å². The SMILES string of the molecule is C[C@H](CCN(CCCCOC(=O)NCNC(=O)CCCCCCN)C(=O)OC(C)(C)C)NC(=O)O. The first-order valence-corrected chi connectivity index (χ1v) is 12.3. The van der Waals surface area contributed by atoms with Gasteiger partial charge in [0.1, 0.15) is 5.60 Å². The molecule has 0 bridgehead atoms. The monoisotopic (exact) mass is 503 g/mol. The maximum absolute atomic E-state index is 12.5. The van der Waals surface area contributed by atoms with Crippen LogP contribution in [-0.4, -0.2) is 78.7 Å². The number of alkyl carbamates (subject to hydrolysis) is 1. The lowest BCUT2D eigenvalue weighted by Crippen LogP contribution is -2.41. The van der Waals surface area contributed by atoms with Gasteiger partial charge in [0, 0.05) is 25.6 Å². The Kier molecular flexibility index (Phi) is 17.1. The van der Waals surface area contributed by atoms with E-state index >= 15 is 0 Å². The number of ether oxygens (including phenoxy) is 2. The summed E-state index contributed by atoms with van der Waals surface area (Å²) in [7, 11) is 0. The van der Waals surface area contributed by atoms with E-state index in [-0.39, 0.29) is 25.2 Å². The molecule has 0 saturated heterocycles. The number of hydrogen-bond donors (Lipinski definition) is 5. The smallest absolute Gasteiger partial charge is 0.410 e. The first-order chi connectivity index (χ1) is 16.4. The summed E-state index contributed by atoms with van der Waals surface area (Å²) in [6.45, 7) is 8.55. The molecule has 4 amide bonds. The van der Waals surface area contributed by atoms with E-state index in [0.717, 1.165) is 25.7 Å². The Hall–Kier alpha value is -2.76. The van der Waals surface area contributed by atoms with Gasteiger partial charge in [0.25, 0.3) is 0 Å². The van der Waals surface area contributed by atoms with Crippen LogP contribution in [0, 0.1) is 0 Å². The van der Waals surface area contributed by atoms with Crippen LogP contribution in [0.25, 0.3) is 0 Å². The second-order valence-electron chi connectivity index (χ2n) is 9.36. The minimum Gasteiger partial charge on any atom is -0.465 e. The molecule has 0 aliphatic carbocycles. The molecular formula is C23H45N5O7. The average Bonchev–Trinajstić information content (AvgIpc) is 2.73. The fourth-order valence-corrected chi connectivity index (χ4v) is 2.96. The van der Waals surface area contributed by atoms with E-state index in [1.165, 1.54) is 4.90 Å². The number of nitrogens with zero attached hydrogens (tertiary/aromatic N) is 1. The molecule has 0 rings (SSSR count). The number of nitrogens with one attached hydrogen (secondary N) is 3. The van der Waals surface area contributed by atoms with Crippen LogP contribution in [0.5, 0.6) is 0 Å². The van der Waals surface area contributed by atoms with Gasteiger partial charge in [-0.15, -0.1) is 0 Å². The van der Waals surface area contributed by atoms with Gasteiger partial charge in [-0.05, 0) is 66.3 Å². The molecule has 0 heterocycles. The first-order valence-electron chi connectivity index (χ1n) is 12.3. The van der Waals surface area contributed by atoms with Gasteiger partial charge in [-0.25, -0.2) is 14.4 Å². The summed E-state index contributed by atoms with van der Waals surface area (Å²) in [5.41, 5.74) is 4.77. The molecule has 0 spiro atoms. The average molecular weight is 504 g/mol. The second-order valence-corrected chi connectivity index (χ2v) is 9.36.